The van der Waals surface area contributed by atoms with Gasteiger partial charge in [-0.1, -0.05) is 25.6 Å². The van der Waals surface area contributed by atoms with Gasteiger partial charge in [-0.25, -0.2) is 15.8 Å². The van der Waals surface area contributed by atoms with E-state index in [0.717, 1.165) is 23.6 Å². The summed E-state index contributed by atoms with van der Waals surface area (Å²) in [6.07, 6.45) is 2.90. The fourth-order valence-electron chi connectivity index (χ4n) is 2.12. The zero-order valence-corrected chi connectivity index (χ0v) is 11.8. The standard InChI is InChI=1S/C12H20N4OS/c1-7(2)10-11(16-13)14-6-15-12(10)18-9-4-5-17-8(9)3/h6-9H,4-5,13H2,1-3H3,(H,14,15,16). The van der Waals surface area contributed by atoms with Crippen LogP contribution in [0.1, 0.15) is 38.7 Å². The van der Waals surface area contributed by atoms with Crippen molar-refractivity contribution in [1.29, 1.82) is 0 Å². The summed E-state index contributed by atoms with van der Waals surface area (Å²) in [5, 5.41) is 1.47. The van der Waals surface area contributed by atoms with Crippen molar-refractivity contribution in [2.45, 2.75) is 49.5 Å². The van der Waals surface area contributed by atoms with Crippen LogP contribution in [-0.2, 0) is 4.74 Å². The Kier molecular flexibility index (Phi) is 4.42. The van der Waals surface area contributed by atoms with Gasteiger partial charge in [0.15, 0.2) is 0 Å². The van der Waals surface area contributed by atoms with Crippen molar-refractivity contribution in [3.8, 4) is 0 Å². The van der Waals surface area contributed by atoms with Crippen LogP contribution in [0.5, 0.6) is 0 Å². The Morgan fingerprint density at radius 3 is 2.83 bits per heavy atom. The van der Waals surface area contributed by atoms with Crippen LogP contribution in [0.15, 0.2) is 11.4 Å². The van der Waals surface area contributed by atoms with Gasteiger partial charge in [0.25, 0.3) is 0 Å². The molecular weight excluding hydrogens is 248 g/mol. The van der Waals surface area contributed by atoms with Crippen molar-refractivity contribution in [3.05, 3.63) is 11.9 Å². The summed E-state index contributed by atoms with van der Waals surface area (Å²) in [6, 6.07) is 0. The van der Waals surface area contributed by atoms with E-state index >= 15 is 0 Å². The van der Waals surface area contributed by atoms with E-state index in [-0.39, 0.29) is 6.10 Å². The molecular formula is C12H20N4OS. The number of hydrogen-bond acceptors (Lipinski definition) is 6. The molecule has 5 nitrogen and oxygen atoms in total. The molecule has 0 bridgehead atoms. The third kappa shape index (κ3) is 2.76. The summed E-state index contributed by atoms with van der Waals surface area (Å²) in [5.41, 5.74) is 3.74. The summed E-state index contributed by atoms with van der Waals surface area (Å²) in [6.45, 7) is 7.20. The number of hydrogen-bond donors (Lipinski definition) is 2. The topological polar surface area (TPSA) is 73.1 Å². The molecule has 3 N–H and O–H groups in total. The molecule has 100 valence electrons. The number of nitrogens with one attached hydrogen (secondary N) is 1. The van der Waals surface area contributed by atoms with Crippen LogP contribution in [0.2, 0.25) is 0 Å². The zero-order valence-electron chi connectivity index (χ0n) is 11.0. The van der Waals surface area contributed by atoms with Crippen molar-refractivity contribution in [2.24, 2.45) is 5.84 Å². The van der Waals surface area contributed by atoms with Gasteiger partial charge >= 0.3 is 0 Å². The molecule has 1 aliphatic heterocycles. The number of rotatable bonds is 4. The second-order valence-electron chi connectivity index (χ2n) is 4.76. The highest BCUT2D eigenvalue weighted by atomic mass is 32.2. The average molecular weight is 268 g/mol. The molecule has 1 fully saturated rings. The zero-order chi connectivity index (χ0) is 13.1. The number of nitrogen functional groups attached to an aromatic ring is 1. The first-order chi connectivity index (χ1) is 8.63. The Morgan fingerprint density at radius 2 is 2.28 bits per heavy atom. The Bertz CT molecular complexity index is 413. The van der Waals surface area contributed by atoms with Gasteiger partial charge in [-0.15, -0.1) is 0 Å². The monoisotopic (exact) mass is 268 g/mol. The van der Waals surface area contributed by atoms with Gasteiger partial charge in [0.1, 0.15) is 17.2 Å². The molecule has 0 saturated carbocycles. The van der Waals surface area contributed by atoms with E-state index in [9.17, 15) is 0 Å². The van der Waals surface area contributed by atoms with Crippen LogP contribution in [0.3, 0.4) is 0 Å². The first-order valence-corrected chi connectivity index (χ1v) is 7.11. The lowest BCUT2D eigenvalue weighted by molar-refractivity contribution is 0.127. The number of nitrogens with two attached hydrogens (primary N) is 1. The maximum atomic E-state index is 5.59. The molecule has 6 heteroatoms. The largest absolute Gasteiger partial charge is 0.377 e. The number of nitrogens with zero attached hydrogens (tertiary/aromatic N) is 2. The van der Waals surface area contributed by atoms with Crippen molar-refractivity contribution >= 4 is 17.6 Å². The minimum Gasteiger partial charge on any atom is -0.377 e. The van der Waals surface area contributed by atoms with Crippen LogP contribution in [0.4, 0.5) is 5.82 Å². The normalized spacial score (nSPS) is 23.6. The highest BCUT2D eigenvalue weighted by Gasteiger charge is 2.27. The van der Waals surface area contributed by atoms with Crippen LogP contribution in [0.25, 0.3) is 0 Å². The lowest BCUT2D eigenvalue weighted by Gasteiger charge is -2.18. The van der Waals surface area contributed by atoms with Crippen LogP contribution in [-0.4, -0.2) is 27.9 Å². The molecule has 2 rings (SSSR count). The predicted molar refractivity (Wildman–Crippen MR) is 73.6 cm³/mol. The maximum absolute atomic E-state index is 5.59. The molecule has 18 heavy (non-hydrogen) atoms. The van der Waals surface area contributed by atoms with Crippen molar-refractivity contribution in [3.63, 3.8) is 0 Å². The molecule has 1 saturated heterocycles. The lowest BCUT2D eigenvalue weighted by Crippen LogP contribution is -2.16. The SMILES string of the molecule is CC(C)c1c(NN)ncnc1SC1CCOC1C. The maximum Gasteiger partial charge on any atom is 0.147 e. The van der Waals surface area contributed by atoms with Crippen LogP contribution >= 0.6 is 11.8 Å². The summed E-state index contributed by atoms with van der Waals surface area (Å²) >= 11 is 1.77. The summed E-state index contributed by atoms with van der Waals surface area (Å²) in [4.78, 5) is 8.59. The second kappa shape index (κ2) is 5.86. The lowest BCUT2D eigenvalue weighted by atomic mass is 10.1. The van der Waals surface area contributed by atoms with E-state index in [1.807, 2.05) is 0 Å². The molecule has 0 spiro atoms. The van der Waals surface area contributed by atoms with Gasteiger partial charge in [-0.2, -0.15) is 0 Å². The Hall–Kier alpha value is -0.850. The summed E-state index contributed by atoms with van der Waals surface area (Å²) in [7, 11) is 0. The molecule has 2 atom stereocenters. The third-order valence-electron chi connectivity index (χ3n) is 3.13. The van der Waals surface area contributed by atoms with E-state index < -0.39 is 0 Å². The quantitative estimate of drug-likeness (QED) is 0.495. The second-order valence-corrected chi connectivity index (χ2v) is 5.99. The van der Waals surface area contributed by atoms with Crippen molar-refractivity contribution < 1.29 is 4.74 Å². The highest BCUT2D eigenvalue weighted by molar-refractivity contribution is 8.00. The number of ether oxygens (including phenoxy) is 1. The minimum absolute atomic E-state index is 0.277. The number of anilines is 1. The van der Waals surface area contributed by atoms with Gasteiger partial charge in [0.2, 0.25) is 0 Å². The molecule has 0 radical (unpaired) electrons. The number of aromatic nitrogens is 2. The van der Waals surface area contributed by atoms with Gasteiger partial charge in [-0.05, 0) is 19.3 Å². The number of hydrazine groups is 1. The summed E-state index contributed by atoms with van der Waals surface area (Å²) in [5.74, 6) is 6.57. The van der Waals surface area contributed by atoms with Crippen LogP contribution in [0, 0.1) is 0 Å². The van der Waals surface area contributed by atoms with Gasteiger partial charge in [0, 0.05) is 17.4 Å². The molecule has 0 aromatic carbocycles. The molecule has 2 unspecified atom stereocenters. The van der Waals surface area contributed by atoms with E-state index in [1.165, 1.54) is 0 Å². The Morgan fingerprint density at radius 1 is 1.50 bits per heavy atom. The van der Waals surface area contributed by atoms with E-state index in [4.69, 9.17) is 10.6 Å². The third-order valence-corrected chi connectivity index (χ3v) is 4.60. The smallest absolute Gasteiger partial charge is 0.147 e. The molecule has 0 amide bonds. The first kappa shape index (κ1) is 13.6. The van der Waals surface area contributed by atoms with Gasteiger partial charge < -0.3 is 10.2 Å². The van der Waals surface area contributed by atoms with Gasteiger partial charge in [-0.3, -0.25) is 0 Å². The molecule has 1 aromatic heterocycles. The van der Waals surface area contributed by atoms with E-state index in [1.54, 1.807) is 18.1 Å². The van der Waals surface area contributed by atoms with Crippen molar-refractivity contribution in [2.75, 3.05) is 12.0 Å². The number of thioether (sulfide) groups is 1. The minimum atomic E-state index is 0.277. The Balaban J connectivity index is 2.26. The first-order valence-electron chi connectivity index (χ1n) is 6.23. The van der Waals surface area contributed by atoms with E-state index in [2.05, 4.69) is 36.2 Å². The average Bonchev–Trinajstić information content (AvgIpc) is 2.74. The van der Waals surface area contributed by atoms with E-state index in [0.29, 0.717) is 17.0 Å². The van der Waals surface area contributed by atoms with Crippen LogP contribution < -0.4 is 11.3 Å². The molecule has 0 aliphatic carbocycles. The fourth-order valence-corrected chi connectivity index (χ4v) is 3.46. The summed E-state index contributed by atoms with van der Waals surface area (Å²) < 4.78 is 5.59. The molecule has 1 aliphatic rings. The molecule has 2 heterocycles. The highest BCUT2D eigenvalue weighted by Crippen LogP contribution is 2.37. The van der Waals surface area contributed by atoms with Gasteiger partial charge in [0.05, 0.1) is 6.10 Å². The fraction of sp³-hybridized carbons (Fsp3) is 0.667. The Labute approximate surface area is 112 Å². The van der Waals surface area contributed by atoms with Crippen molar-refractivity contribution in [1.82, 2.24) is 9.97 Å². The predicted octanol–water partition coefficient (Wildman–Crippen LogP) is 2.16. The molecule has 1 aromatic rings.